The number of aromatic amines is 1. The molecule has 2 aromatic carbocycles. The number of aromatic nitrogens is 5. The van der Waals surface area contributed by atoms with Gasteiger partial charge in [-0.25, -0.2) is 4.68 Å². The number of hydrogen-bond acceptors (Lipinski definition) is 6. The first-order valence-corrected chi connectivity index (χ1v) is 13.9. The summed E-state index contributed by atoms with van der Waals surface area (Å²) in [5.74, 6) is 1.46. The van der Waals surface area contributed by atoms with Crippen molar-refractivity contribution in [3.05, 3.63) is 111 Å². The van der Waals surface area contributed by atoms with E-state index in [0.29, 0.717) is 29.5 Å². The molecular weight excluding hydrogens is 512 g/mol. The van der Waals surface area contributed by atoms with E-state index in [1.807, 2.05) is 72.3 Å². The van der Waals surface area contributed by atoms with Crippen LogP contribution in [-0.4, -0.2) is 30.1 Å². The summed E-state index contributed by atoms with van der Waals surface area (Å²) in [6, 6.07) is 19.3. The Bertz CT molecular complexity index is 1600. The van der Waals surface area contributed by atoms with E-state index in [1.54, 1.807) is 6.26 Å². The average Bonchev–Trinajstić information content (AvgIpc) is 3.64. The van der Waals surface area contributed by atoms with Gasteiger partial charge in [-0.05, 0) is 77.0 Å². The van der Waals surface area contributed by atoms with Crippen LogP contribution in [0.1, 0.15) is 72.5 Å². The van der Waals surface area contributed by atoms with Crippen molar-refractivity contribution < 1.29 is 4.42 Å². The topological polar surface area (TPSA) is 92.8 Å². The van der Waals surface area contributed by atoms with Gasteiger partial charge >= 0.3 is 0 Å². The van der Waals surface area contributed by atoms with Gasteiger partial charge in [0.1, 0.15) is 11.8 Å². The molecule has 0 amide bonds. The molecule has 5 aromatic rings. The Balaban J connectivity index is 1.53. The maximum absolute atomic E-state index is 13.8. The van der Waals surface area contributed by atoms with Crippen molar-refractivity contribution in [2.75, 3.05) is 0 Å². The van der Waals surface area contributed by atoms with Gasteiger partial charge in [0.15, 0.2) is 5.82 Å². The molecule has 1 saturated carbocycles. The van der Waals surface area contributed by atoms with Crippen LogP contribution in [0.2, 0.25) is 5.02 Å². The summed E-state index contributed by atoms with van der Waals surface area (Å²) in [6.45, 7) is 3.00. The van der Waals surface area contributed by atoms with Crippen molar-refractivity contribution in [3.63, 3.8) is 0 Å². The van der Waals surface area contributed by atoms with Gasteiger partial charge in [-0.15, -0.1) is 5.10 Å². The molecule has 6 rings (SSSR count). The summed E-state index contributed by atoms with van der Waals surface area (Å²) in [5.41, 5.74) is 3.36. The number of nitrogens with zero attached hydrogens (tertiary/aromatic N) is 5. The van der Waals surface area contributed by atoms with Gasteiger partial charge in [0.05, 0.1) is 24.4 Å². The lowest BCUT2D eigenvalue weighted by atomic mass is 9.95. The van der Waals surface area contributed by atoms with E-state index in [0.717, 1.165) is 53.5 Å². The number of H-pyrrole nitrogens is 1. The number of fused-ring (bicyclic) bond motifs is 1. The Morgan fingerprint density at radius 2 is 1.90 bits per heavy atom. The maximum Gasteiger partial charge on any atom is 0.253 e. The van der Waals surface area contributed by atoms with Gasteiger partial charge in [0, 0.05) is 17.1 Å². The van der Waals surface area contributed by atoms with Crippen molar-refractivity contribution in [2.45, 2.75) is 64.2 Å². The number of hydrogen-bond donors (Lipinski definition) is 1. The lowest BCUT2D eigenvalue weighted by Gasteiger charge is -2.32. The molecule has 8 nitrogen and oxygen atoms in total. The molecule has 1 atom stereocenters. The maximum atomic E-state index is 13.8. The van der Waals surface area contributed by atoms with Gasteiger partial charge in [0.25, 0.3) is 5.56 Å². The first-order chi connectivity index (χ1) is 19.1. The van der Waals surface area contributed by atoms with E-state index < -0.39 is 6.04 Å². The molecular formula is C30H31ClN6O2. The molecule has 1 aliphatic rings. The lowest BCUT2D eigenvalue weighted by Crippen LogP contribution is -2.35. The number of rotatable bonds is 8. The van der Waals surface area contributed by atoms with Gasteiger partial charge in [0.2, 0.25) is 0 Å². The third-order valence-corrected chi connectivity index (χ3v) is 7.95. The van der Waals surface area contributed by atoms with Crippen LogP contribution in [0.4, 0.5) is 0 Å². The SMILES string of the molecule is Cc1cccc2cc([C@@H](c3nnnn3C3CCCCC3)N(Cc3ccc(Cl)cc3)Cc3ccco3)c(=O)[nH]c12. The smallest absolute Gasteiger partial charge is 0.253 e. The normalized spacial score (nSPS) is 15.3. The molecule has 200 valence electrons. The van der Waals surface area contributed by atoms with E-state index >= 15 is 0 Å². The Morgan fingerprint density at radius 1 is 1.08 bits per heavy atom. The van der Waals surface area contributed by atoms with Gasteiger partial charge < -0.3 is 9.40 Å². The van der Waals surface area contributed by atoms with Crippen LogP contribution >= 0.6 is 11.6 Å². The van der Waals surface area contributed by atoms with Crippen molar-refractivity contribution in [2.24, 2.45) is 0 Å². The molecule has 3 heterocycles. The lowest BCUT2D eigenvalue weighted by molar-refractivity contribution is 0.173. The van der Waals surface area contributed by atoms with Crippen molar-refractivity contribution in [1.29, 1.82) is 0 Å². The molecule has 9 heteroatoms. The predicted molar refractivity (Wildman–Crippen MR) is 150 cm³/mol. The van der Waals surface area contributed by atoms with Crippen molar-refractivity contribution in [1.82, 2.24) is 30.1 Å². The Kier molecular flexibility index (Phi) is 7.30. The predicted octanol–water partition coefficient (Wildman–Crippen LogP) is 6.37. The molecule has 0 radical (unpaired) electrons. The molecule has 1 fully saturated rings. The molecule has 0 unspecified atom stereocenters. The minimum absolute atomic E-state index is 0.152. The number of nitrogens with one attached hydrogen (secondary N) is 1. The summed E-state index contributed by atoms with van der Waals surface area (Å²) < 4.78 is 7.74. The van der Waals surface area contributed by atoms with Crippen molar-refractivity contribution >= 4 is 22.5 Å². The number of aryl methyl sites for hydroxylation is 1. The second kappa shape index (κ2) is 11.2. The third-order valence-electron chi connectivity index (χ3n) is 7.70. The van der Waals surface area contributed by atoms with Crippen LogP contribution in [0.5, 0.6) is 0 Å². The quantitative estimate of drug-likeness (QED) is 0.245. The number of pyridine rings is 1. The zero-order valence-corrected chi connectivity index (χ0v) is 22.6. The molecule has 3 aromatic heterocycles. The summed E-state index contributed by atoms with van der Waals surface area (Å²) in [6.07, 6.45) is 7.22. The Morgan fingerprint density at radius 3 is 2.67 bits per heavy atom. The highest BCUT2D eigenvalue weighted by molar-refractivity contribution is 6.30. The standard InChI is InChI=1S/C30H31ClN6O2/c1-20-7-5-8-22-17-26(30(38)32-27(20)22)28(29-33-34-35-37(29)24-9-3-2-4-10-24)36(19-25-11-6-16-39-25)18-21-12-14-23(31)15-13-21/h5-8,11-17,24,28H,2-4,9-10,18-19H2,1H3,(H,32,38)/t28-/m0/s1. The molecule has 0 bridgehead atoms. The molecule has 39 heavy (non-hydrogen) atoms. The summed E-state index contributed by atoms with van der Waals surface area (Å²) >= 11 is 6.19. The minimum Gasteiger partial charge on any atom is -0.468 e. The zero-order chi connectivity index (χ0) is 26.8. The van der Waals surface area contributed by atoms with Gasteiger partial charge in [-0.1, -0.05) is 61.2 Å². The molecule has 1 aliphatic carbocycles. The Hall–Kier alpha value is -3.75. The fourth-order valence-corrected chi connectivity index (χ4v) is 5.86. The number of halogens is 1. The summed E-state index contributed by atoms with van der Waals surface area (Å²) in [5, 5.41) is 14.8. The fraction of sp³-hybridized carbons (Fsp3) is 0.333. The molecule has 1 N–H and O–H groups in total. The van der Waals surface area contributed by atoms with E-state index in [4.69, 9.17) is 16.0 Å². The molecule has 0 spiro atoms. The summed E-state index contributed by atoms with van der Waals surface area (Å²) in [7, 11) is 0. The zero-order valence-electron chi connectivity index (χ0n) is 21.9. The average molecular weight is 543 g/mol. The largest absolute Gasteiger partial charge is 0.468 e. The van der Waals surface area contributed by atoms with Crippen LogP contribution in [0, 0.1) is 6.92 Å². The second-order valence-corrected chi connectivity index (χ2v) is 10.8. The van der Waals surface area contributed by atoms with Crippen LogP contribution in [0.3, 0.4) is 0 Å². The first kappa shape index (κ1) is 25.5. The van der Waals surface area contributed by atoms with E-state index in [-0.39, 0.29) is 11.6 Å². The van der Waals surface area contributed by atoms with Gasteiger partial charge in [-0.3, -0.25) is 9.69 Å². The fourth-order valence-electron chi connectivity index (χ4n) is 5.73. The van der Waals surface area contributed by atoms with E-state index in [2.05, 4.69) is 25.4 Å². The number of benzene rings is 2. The van der Waals surface area contributed by atoms with E-state index in [1.165, 1.54) is 6.42 Å². The molecule has 0 aliphatic heterocycles. The van der Waals surface area contributed by atoms with Gasteiger partial charge in [-0.2, -0.15) is 0 Å². The number of furan rings is 1. The monoisotopic (exact) mass is 542 g/mol. The third kappa shape index (κ3) is 5.40. The highest BCUT2D eigenvalue weighted by atomic mass is 35.5. The first-order valence-electron chi connectivity index (χ1n) is 13.5. The highest BCUT2D eigenvalue weighted by Gasteiger charge is 2.33. The number of para-hydroxylation sites is 1. The van der Waals surface area contributed by atoms with Crippen LogP contribution in [-0.2, 0) is 13.1 Å². The minimum atomic E-state index is -0.517. The van der Waals surface area contributed by atoms with E-state index in [9.17, 15) is 4.79 Å². The molecule has 0 saturated heterocycles. The van der Waals surface area contributed by atoms with Crippen molar-refractivity contribution in [3.8, 4) is 0 Å². The summed E-state index contributed by atoms with van der Waals surface area (Å²) in [4.78, 5) is 19.2. The highest BCUT2D eigenvalue weighted by Crippen LogP contribution is 2.35. The second-order valence-electron chi connectivity index (χ2n) is 10.4. The van der Waals surface area contributed by atoms with Crippen LogP contribution in [0.25, 0.3) is 10.9 Å². The Labute approximate surface area is 231 Å². The number of tetrazole rings is 1. The van der Waals surface area contributed by atoms with Crippen LogP contribution in [0.15, 0.2) is 76.1 Å². The van der Waals surface area contributed by atoms with Crippen LogP contribution < -0.4 is 5.56 Å².